The van der Waals surface area contributed by atoms with E-state index >= 15 is 0 Å². The zero-order valence-corrected chi connectivity index (χ0v) is 20.6. The minimum atomic E-state index is -0.247. The lowest BCUT2D eigenvalue weighted by Crippen LogP contribution is -2.37. The van der Waals surface area contributed by atoms with Crippen LogP contribution in [-0.4, -0.2) is 57.7 Å². The van der Waals surface area contributed by atoms with Crippen LogP contribution >= 0.6 is 11.3 Å². The highest BCUT2D eigenvalue weighted by Gasteiger charge is 2.27. The fraction of sp³-hybridized carbons (Fsp3) is 0.375. The van der Waals surface area contributed by atoms with E-state index in [0.717, 1.165) is 24.1 Å². The molecule has 5 rings (SSSR count). The van der Waals surface area contributed by atoms with E-state index in [2.05, 4.69) is 20.4 Å². The van der Waals surface area contributed by atoms with E-state index in [1.54, 1.807) is 17.2 Å². The van der Waals surface area contributed by atoms with E-state index in [1.807, 2.05) is 28.9 Å². The first kappa shape index (κ1) is 23.9. The van der Waals surface area contributed by atoms with Crippen molar-refractivity contribution < 1.29 is 23.6 Å². The third-order valence-electron chi connectivity index (χ3n) is 5.89. The maximum Gasteiger partial charge on any atom is 0.263 e. The minimum absolute atomic E-state index is 0.0569. The summed E-state index contributed by atoms with van der Waals surface area (Å²) >= 11 is 1.18. The first-order valence-corrected chi connectivity index (χ1v) is 12.5. The van der Waals surface area contributed by atoms with Gasteiger partial charge in [-0.2, -0.15) is 0 Å². The summed E-state index contributed by atoms with van der Waals surface area (Å²) in [5, 5.41) is 7.16. The average Bonchev–Trinajstić information content (AvgIpc) is 3.71. The number of methoxy groups -OCH3 is 1. The number of amides is 2. The summed E-state index contributed by atoms with van der Waals surface area (Å²) in [4.78, 5) is 36.7. The van der Waals surface area contributed by atoms with Crippen LogP contribution in [0.4, 0.5) is 5.13 Å². The summed E-state index contributed by atoms with van der Waals surface area (Å²) in [7, 11) is 1.50. The summed E-state index contributed by atoms with van der Waals surface area (Å²) < 4.78 is 17.9. The van der Waals surface area contributed by atoms with Gasteiger partial charge in [-0.3, -0.25) is 14.5 Å². The van der Waals surface area contributed by atoms with Gasteiger partial charge >= 0.3 is 0 Å². The van der Waals surface area contributed by atoms with Crippen molar-refractivity contribution in [3.8, 4) is 5.88 Å². The summed E-state index contributed by atoms with van der Waals surface area (Å²) in [6.07, 6.45) is 9.36. The molecule has 0 aromatic carbocycles. The molecule has 36 heavy (non-hydrogen) atoms. The number of nitrogens with one attached hydrogen (secondary N) is 1. The van der Waals surface area contributed by atoms with Crippen molar-refractivity contribution in [1.29, 1.82) is 0 Å². The predicted octanol–water partition coefficient (Wildman–Crippen LogP) is 2.86. The summed E-state index contributed by atoms with van der Waals surface area (Å²) in [5.74, 6) is 0.554. The third kappa shape index (κ3) is 5.55. The molecule has 1 N–H and O–H groups in total. The Balaban J connectivity index is 1.24. The predicted molar refractivity (Wildman–Crippen MR) is 131 cm³/mol. The van der Waals surface area contributed by atoms with Gasteiger partial charge in [0.15, 0.2) is 5.13 Å². The van der Waals surface area contributed by atoms with Crippen LogP contribution in [0, 0.1) is 0 Å². The quantitative estimate of drug-likeness (QED) is 0.345. The summed E-state index contributed by atoms with van der Waals surface area (Å²) in [6.45, 7) is 1.43. The molecule has 0 spiro atoms. The van der Waals surface area contributed by atoms with Gasteiger partial charge < -0.3 is 23.7 Å². The van der Waals surface area contributed by atoms with Gasteiger partial charge in [-0.25, -0.2) is 9.97 Å². The van der Waals surface area contributed by atoms with E-state index in [1.165, 1.54) is 24.6 Å². The van der Waals surface area contributed by atoms with Gasteiger partial charge in [0.2, 0.25) is 5.91 Å². The second-order valence-corrected chi connectivity index (χ2v) is 9.40. The van der Waals surface area contributed by atoms with Crippen LogP contribution in [0.25, 0.3) is 5.65 Å². The molecular weight excluding hydrogens is 484 g/mol. The average molecular weight is 511 g/mol. The van der Waals surface area contributed by atoms with Crippen LogP contribution in [0.2, 0.25) is 0 Å². The molecule has 1 saturated heterocycles. The lowest BCUT2D eigenvalue weighted by molar-refractivity contribution is -0.119. The monoisotopic (exact) mass is 510 g/mol. The van der Waals surface area contributed by atoms with E-state index in [0.29, 0.717) is 47.8 Å². The number of imidazole rings is 1. The molecule has 1 aliphatic heterocycles. The number of rotatable bonds is 10. The Labute approximate surface area is 211 Å². The molecule has 0 aliphatic carbocycles. The van der Waals surface area contributed by atoms with Crippen LogP contribution in [0.5, 0.6) is 5.88 Å². The van der Waals surface area contributed by atoms with Gasteiger partial charge in [0, 0.05) is 50.7 Å². The summed E-state index contributed by atoms with van der Waals surface area (Å²) in [6, 6.07) is 5.48. The molecule has 2 amide bonds. The molecule has 0 bridgehead atoms. The van der Waals surface area contributed by atoms with Crippen molar-refractivity contribution in [3.63, 3.8) is 0 Å². The van der Waals surface area contributed by atoms with Gasteiger partial charge in [0.1, 0.15) is 16.3 Å². The highest BCUT2D eigenvalue weighted by atomic mass is 32.1. The van der Waals surface area contributed by atoms with Crippen LogP contribution in [0.1, 0.15) is 40.3 Å². The maximum absolute atomic E-state index is 13.2. The molecule has 0 saturated carbocycles. The van der Waals surface area contributed by atoms with Crippen molar-refractivity contribution in [2.75, 3.05) is 25.2 Å². The fourth-order valence-corrected chi connectivity index (χ4v) is 4.85. The van der Waals surface area contributed by atoms with E-state index in [4.69, 9.17) is 14.0 Å². The Morgan fingerprint density at radius 3 is 3.06 bits per heavy atom. The number of nitrogens with zero attached hydrogens (tertiary/aromatic N) is 5. The van der Waals surface area contributed by atoms with Gasteiger partial charge in [0.05, 0.1) is 26.0 Å². The number of fused-ring (bicyclic) bond motifs is 1. The number of aromatic nitrogens is 4. The number of carbonyl (C=O) groups excluding carboxylic acids is 2. The van der Waals surface area contributed by atoms with Crippen LogP contribution < -0.4 is 15.0 Å². The highest BCUT2D eigenvalue weighted by Crippen LogP contribution is 2.26. The Kier molecular flexibility index (Phi) is 7.23. The second kappa shape index (κ2) is 10.9. The molecular formula is C24H26N6O5S. The van der Waals surface area contributed by atoms with Gasteiger partial charge in [-0.15, -0.1) is 0 Å². The molecule has 1 unspecified atom stereocenters. The maximum atomic E-state index is 13.2. The smallest absolute Gasteiger partial charge is 0.263 e. The van der Waals surface area contributed by atoms with Crippen LogP contribution in [0.3, 0.4) is 0 Å². The number of pyridine rings is 1. The number of carbonyl (C=O) groups is 2. The zero-order valence-electron chi connectivity index (χ0n) is 19.8. The van der Waals surface area contributed by atoms with Gasteiger partial charge in [-0.1, -0.05) is 17.4 Å². The largest absolute Gasteiger partial charge is 0.479 e. The molecule has 1 atom stereocenters. The van der Waals surface area contributed by atoms with Gasteiger partial charge in [0.25, 0.3) is 11.8 Å². The standard InChI is InChI=1S/C24H26N6O5S/c1-33-21-11-17(35-28-21)5-7-22(31)30(15-18-3-2-10-34-18)24-27-13-19(36-24)23(32)26-12-16-4-6-20-25-8-9-29(20)14-16/h4,6,8-9,11,13-14,18H,2-3,5,7,10,12,15H2,1H3,(H,26,32). The SMILES string of the molecule is COc1cc(CCC(=O)N(CC2CCCO2)c2ncc(C(=O)NCc3ccc4nccn4c3)s2)on1. The van der Waals surface area contributed by atoms with Crippen molar-refractivity contribution in [2.45, 2.75) is 38.3 Å². The number of hydrogen-bond donors (Lipinski definition) is 1. The Morgan fingerprint density at radius 1 is 1.33 bits per heavy atom. The van der Waals surface area contributed by atoms with E-state index in [9.17, 15) is 9.59 Å². The van der Waals surface area contributed by atoms with Crippen LogP contribution in [-0.2, 0) is 22.5 Å². The molecule has 4 aromatic rings. The fourth-order valence-electron chi connectivity index (χ4n) is 3.99. The number of ether oxygens (including phenoxy) is 2. The van der Waals surface area contributed by atoms with E-state index in [-0.39, 0.29) is 24.3 Å². The second-order valence-electron chi connectivity index (χ2n) is 8.39. The molecule has 11 nitrogen and oxygen atoms in total. The molecule has 12 heteroatoms. The number of aryl methyl sites for hydroxylation is 1. The first-order valence-electron chi connectivity index (χ1n) is 11.7. The Morgan fingerprint density at radius 2 is 2.25 bits per heavy atom. The molecule has 0 radical (unpaired) electrons. The number of hydrogen-bond acceptors (Lipinski definition) is 9. The molecule has 1 fully saturated rings. The van der Waals surface area contributed by atoms with Crippen molar-refractivity contribution in [2.24, 2.45) is 0 Å². The minimum Gasteiger partial charge on any atom is -0.479 e. The Bertz CT molecular complexity index is 1340. The Hall–Kier alpha value is -3.77. The zero-order chi connectivity index (χ0) is 24.9. The highest BCUT2D eigenvalue weighted by molar-refractivity contribution is 7.17. The molecule has 4 aromatic heterocycles. The van der Waals surface area contributed by atoms with Crippen molar-refractivity contribution >= 4 is 33.9 Å². The van der Waals surface area contributed by atoms with E-state index < -0.39 is 0 Å². The normalized spacial score (nSPS) is 15.3. The number of anilines is 1. The molecule has 1 aliphatic rings. The molecule has 5 heterocycles. The first-order chi connectivity index (χ1) is 17.6. The topological polar surface area (TPSA) is 124 Å². The van der Waals surface area contributed by atoms with Crippen LogP contribution in [0.15, 0.2) is 47.5 Å². The number of thiazole rings is 1. The third-order valence-corrected chi connectivity index (χ3v) is 6.91. The van der Waals surface area contributed by atoms with Crippen molar-refractivity contribution in [3.05, 3.63) is 59.2 Å². The summed E-state index contributed by atoms with van der Waals surface area (Å²) in [5.41, 5.74) is 1.79. The van der Waals surface area contributed by atoms with Gasteiger partial charge in [-0.05, 0) is 29.6 Å². The lowest BCUT2D eigenvalue weighted by atomic mass is 10.2. The molecule has 188 valence electrons. The lowest BCUT2D eigenvalue weighted by Gasteiger charge is -2.23. The van der Waals surface area contributed by atoms with Crippen molar-refractivity contribution in [1.82, 2.24) is 24.8 Å².